The Morgan fingerprint density at radius 3 is 1.01 bits per heavy atom. The number of rotatable bonds is 66. The summed E-state index contributed by atoms with van der Waals surface area (Å²) >= 11 is 0. The third-order valence-corrected chi connectivity index (χ3v) is 16.5. The average Bonchev–Trinajstić information content (AvgIpc) is 3.43. The van der Waals surface area contributed by atoms with E-state index in [2.05, 4.69) is 43.5 Å². The number of hydrogen-bond acceptors (Lipinski definition) is 5. The normalized spacial score (nSPS) is 12.6. The van der Waals surface area contributed by atoms with Crippen molar-refractivity contribution >= 4 is 11.9 Å². The number of carbonyl (C=O) groups is 2. The lowest BCUT2D eigenvalue weighted by Gasteiger charge is -2.22. The van der Waals surface area contributed by atoms with Crippen LogP contribution < -0.4 is 5.32 Å². The molecule has 0 rings (SSSR count). The Morgan fingerprint density at radius 2 is 0.649 bits per heavy atom. The van der Waals surface area contributed by atoms with Gasteiger partial charge in [-0.15, -0.1) is 0 Å². The summed E-state index contributed by atoms with van der Waals surface area (Å²) in [6.07, 6.45) is 83.6. The molecule has 0 radical (unpaired) electrons. The van der Waals surface area contributed by atoms with E-state index in [9.17, 15) is 19.8 Å². The van der Waals surface area contributed by atoms with Crippen molar-refractivity contribution in [3.63, 3.8) is 0 Å². The molecule has 0 aliphatic rings. The second-order valence-electron chi connectivity index (χ2n) is 24.2. The number of amides is 1. The molecule has 0 aromatic rings. The van der Waals surface area contributed by atoms with Gasteiger partial charge in [0.25, 0.3) is 0 Å². The van der Waals surface area contributed by atoms with E-state index in [4.69, 9.17) is 4.74 Å². The average molecular weight is 1080 g/mol. The van der Waals surface area contributed by atoms with Crippen LogP contribution in [-0.2, 0) is 14.3 Å². The van der Waals surface area contributed by atoms with Crippen molar-refractivity contribution in [3.05, 3.63) is 24.3 Å². The molecule has 1 amide bonds. The molecule has 6 nitrogen and oxygen atoms in total. The molecule has 0 fully saturated rings. The van der Waals surface area contributed by atoms with E-state index >= 15 is 0 Å². The van der Waals surface area contributed by atoms with E-state index in [0.29, 0.717) is 25.9 Å². The molecule has 0 aromatic heterocycles. The minimum Gasteiger partial charge on any atom is -0.466 e. The van der Waals surface area contributed by atoms with Crippen molar-refractivity contribution < 1.29 is 24.5 Å². The van der Waals surface area contributed by atoms with Crippen molar-refractivity contribution in [2.24, 2.45) is 0 Å². The number of nitrogens with one attached hydrogen (secondary N) is 1. The maximum Gasteiger partial charge on any atom is 0.305 e. The zero-order valence-electron chi connectivity index (χ0n) is 52.2. The van der Waals surface area contributed by atoms with E-state index in [1.807, 2.05) is 0 Å². The number of carbonyl (C=O) groups excluding carboxylic acids is 2. The van der Waals surface area contributed by atoms with E-state index in [0.717, 1.165) is 51.4 Å². The molecule has 77 heavy (non-hydrogen) atoms. The molecule has 0 aliphatic heterocycles. The van der Waals surface area contributed by atoms with Gasteiger partial charge in [0, 0.05) is 12.8 Å². The van der Waals surface area contributed by atoms with Crippen LogP contribution in [0, 0.1) is 0 Å². The van der Waals surface area contributed by atoms with Crippen molar-refractivity contribution in [3.8, 4) is 0 Å². The Morgan fingerprint density at radius 1 is 0.364 bits per heavy atom. The fourth-order valence-electron chi connectivity index (χ4n) is 11.1. The SMILES string of the molecule is CCCCC/C=C\C/C=C\CCCCCCCC(=O)OCCCCCCCCCCCCCCCCCCCCCCCCC(=O)NC(CO)C(O)CCCCCCCCCCCCCCCCCCCCCCCCC. The summed E-state index contributed by atoms with van der Waals surface area (Å²) in [6, 6.07) is -0.543. The summed E-state index contributed by atoms with van der Waals surface area (Å²) in [5.74, 6) is -0.0305. The first-order valence-electron chi connectivity index (χ1n) is 35.1. The van der Waals surface area contributed by atoms with Gasteiger partial charge in [0.05, 0.1) is 25.4 Å². The second-order valence-corrected chi connectivity index (χ2v) is 24.2. The summed E-state index contributed by atoms with van der Waals surface area (Å²) in [5, 5.41) is 23.4. The predicted octanol–water partition coefficient (Wildman–Crippen LogP) is 22.5. The summed E-state index contributed by atoms with van der Waals surface area (Å²) in [5.41, 5.74) is 0. The minimum absolute atomic E-state index is 0.000233. The first-order chi connectivity index (χ1) is 38.0. The van der Waals surface area contributed by atoms with Crippen LogP contribution in [0.15, 0.2) is 24.3 Å². The van der Waals surface area contributed by atoms with Gasteiger partial charge in [-0.25, -0.2) is 0 Å². The highest BCUT2D eigenvalue weighted by molar-refractivity contribution is 5.76. The quantitative estimate of drug-likeness (QED) is 0.0320. The van der Waals surface area contributed by atoms with Crippen molar-refractivity contribution in [1.29, 1.82) is 0 Å². The van der Waals surface area contributed by atoms with Crippen LogP contribution in [0.5, 0.6) is 0 Å². The topological polar surface area (TPSA) is 95.9 Å². The third kappa shape index (κ3) is 63.4. The molecule has 2 atom stereocenters. The third-order valence-electron chi connectivity index (χ3n) is 16.5. The molecule has 0 bridgehead atoms. The van der Waals surface area contributed by atoms with Gasteiger partial charge in [-0.2, -0.15) is 0 Å². The Kier molecular flexibility index (Phi) is 65.4. The fourth-order valence-corrected chi connectivity index (χ4v) is 11.1. The molecule has 3 N–H and O–H groups in total. The van der Waals surface area contributed by atoms with E-state index in [1.165, 1.54) is 308 Å². The van der Waals surface area contributed by atoms with Gasteiger partial charge in [0.2, 0.25) is 5.91 Å². The highest BCUT2D eigenvalue weighted by Gasteiger charge is 2.20. The van der Waals surface area contributed by atoms with Gasteiger partial charge in [-0.1, -0.05) is 346 Å². The zero-order chi connectivity index (χ0) is 55.7. The first-order valence-corrected chi connectivity index (χ1v) is 35.1. The smallest absolute Gasteiger partial charge is 0.305 e. The van der Waals surface area contributed by atoms with Crippen LogP contribution >= 0.6 is 0 Å². The van der Waals surface area contributed by atoms with Gasteiger partial charge >= 0.3 is 5.97 Å². The number of hydrogen-bond donors (Lipinski definition) is 3. The number of aliphatic hydroxyl groups is 2. The fraction of sp³-hybridized carbons (Fsp3) is 0.915. The van der Waals surface area contributed by atoms with E-state index in [1.54, 1.807) is 0 Å². The highest BCUT2D eigenvalue weighted by atomic mass is 16.5. The predicted molar refractivity (Wildman–Crippen MR) is 338 cm³/mol. The Bertz CT molecular complexity index is 1200. The Balaban J connectivity index is 3.38. The molecule has 2 unspecified atom stereocenters. The van der Waals surface area contributed by atoms with Crippen LogP contribution in [-0.4, -0.2) is 47.4 Å². The first kappa shape index (κ1) is 75.3. The molecule has 0 saturated heterocycles. The molecular weight excluding hydrogens is 947 g/mol. The lowest BCUT2D eigenvalue weighted by molar-refractivity contribution is -0.143. The maximum atomic E-state index is 12.6. The lowest BCUT2D eigenvalue weighted by Crippen LogP contribution is -2.45. The molecule has 0 aliphatic carbocycles. The van der Waals surface area contributed by atoms with E-state index < -0.39 is 12.1 Å². The molecule has 0 heterocycles. The Labute approximate surface area is 481 Å². The molecule has 0 spiro atoms. The van der Waals surface area contributed by atoms with Gasteiger partial charge in [-0.05, 0) is 57.8 Å². The lowest BCUT2D eigenvalue weighted by atomic mass is 10.0. The van der Waals surface area contributed by atoms with Crippen LogP contribution in [0.25, 0.3) is 0 Å². The number of esters is 1. The monoisotopic (exact) mass is 1080 g/mol. The number of aliphatic hydroxyl groups excluding tert-OH is 2. The zero-order valence-corrected chi connectivity index (χ0v) is 52.2. The maximum absolute atomic E-state index is 12.6. The van der Waals surface area contributed by atoms with Crippen molar-refractivity contribution in [2.75, 3.05) is 13.2 Å². The van der Waals surface area contributed by atoms with E-state index in [-0.39, 0.29) is 18.5 Å². The van der Waals surface area contributed by atoms with Crippen molar-refractivity contribution in [1.82, 2.24) is 5.32 Å². The van der Waals surface area contributed by atoms with Gasteiger partial charge in [0.1, 0.15) is 0 Å². The van der Waals surface area contributed by atoms with Crippen molar-refractivity contribution in [2.45, 2.75) is 405 Å². The molecule has 0 saturated carbocycles. The molecule has 6 heteroatoms. The van der Waals surface area contributed by atoms with Crippen LogP contribution in [0.4, 0.5) is 0 Å². The van der Waals surface area contributed by atoms with Crippen LogP contribution in [0.1, 0.15) is 393 Å². The standard InChI is InChI=1S/C71H137NO5/c1-3-5-7-9-11-13-15-17-19-20-21-22-23-26-29-32-36-39-43-47-51-55-59-63-69(74)68(67-73)72-70(75)64-60-56-52-48-44-40-37-33-30-27-24-25-28-31-34-38-42-46-50-54-58-62-66-77-71(76)65-61-57-53-49-45-41-35-18-16-14-12-10-8-6-4-2/h12,14,18,35,68-69,73-74H,3-11,13,15-17,19-34,36-67H2,1-2H3,(H,72,75)/b14-12-,35-18-. The molecular formula is C71H137NO5. The number of ether oxygens (including phenoxy) is 1. The van der Waals surface area contributed by atoms with Crippen LogP contribution in [0.3, 0.4) is 0 Å². The van der Waals surface area contributed by atoms with Gasteiger partial charge in [0.15, 0.2) is 0 Å². The minimum atomic E-state index is -0.666. The van der Waals surface area contributed by atoms with Crippen LogP contribution in [0.2, 0.25) is 0 Å². The largest absolute Gasteiger partial charge is 0.466 e. The summed E-state index contributed by atoms with van der Waals surface area (Å²) in [6.45, 7) is 4.96. The Hall–Kier alpha value is -1.66. The van der Waals surface area contributed by atoms with Gasteiger partial charge in [-0.3, -0.25) is 9.59 Å². The highest BCUT2D eigenvalue weighted by Crippen LogP contribution is 2.19. The molecule has 456 valence electrons. The summed E-state index contributed by atoms with van der Waals surface area (Å²) in [7, 11) is 0. The number of unbranched alkanes of at least 4 members (excludes halogenated alkanes) is 51. The molecule has 0 aromatic carbocycles. The number of allylic oxidation sites excluding steroid dienone is 4. The summed E-state index contributed by atoms with van der Waals surface area (Å²) < 4.78 is 5.48. The summed E-state index contributed by atoms with van der Waals surface area (Å²) in [4.78, 5) is 24.6. The second kappa shape index (κ2) is 66.8. The van der Waals surface area contributed by atoms with Gasteiger partial charge < -0.3 is 20.3 Å².